The Morgan fingerprint density at radius 2 is 1.33 bits per heavy atom. The highest BCUT2D eigenvalue weighted by Crippen LogP contribution is 2.54. The number of hydrogen-bond acceptors (Lipinski definition) is 1. The maximum Gasteiger partial charge on any atom is 0.177 e. The zero-order valence-corrected chi connectivity index (χ0v) is 12.6. The van der Waals surface area contributed by atoms with Crippen LogP contribution in [0, 0.1) is 0 Å². The van der Waals surface area contributed by atoms with Crippen LogP contribution in [0.5, 0.6) is 0 Å². The van der Waals surface area contributed by atoms with Crippen LogP contribution in [0.2, 0.25) is 0 Å². The van der Waals surface area contributed by atoms with Crippen molar-refractivity contribution in [3.8, 4) is 0 Å². The van der Waals surface area contributed by atoms with Gasteiger partial charge < -0.3 is 4.57 Å². The first-order valence-electron chi connectivity index (χ1n) is 5.73. The first-order chi connectivity index (χ1) is 8.69. The molecule has 3 heteroatoms. The molecule has 0 fully saturated rings. The van der Waals surface area contributed by atoms with E-state index in [1.807, 2.05) is 73.7 Å². The molecule has 0 unspecified atom stereocenters. The fraction of sp³-hybridized carbons (Fsp3) is 0.0667. The van der Waals surface area contributed by atoms with E-state index in [2.05, 4.69) is 15.9 Å². The van der Waals surface area contributed by atoms with Gasteiger partial charge in [0.1, 0.15) is 0 Å². The van der Waals surface area contributed by atoms with Crippen molar-refractivity contribution < 1.29 is 4.57 Å². The van der Waals surface area contributed by atoms with Gasteiger partial charge in [0.2, 0.25) is 0 Å². The highest BCUT2D eigenvalue weighted by Gasteiger charge is 2.29. The SMILES string of the molecule is CC=C(Br)P(=O)(c1ccccc1)c1ccccc1. The van der Waals surface area contributed by atoms with Crippen LogP contribution in [0.3, 0.4) is 0 Å². The van der Waals surface area contributed by atoms with Crippen molar-refractivity contribution >= 4 is 33.7 Å². The molecule has 0 heterocycles. The average Bonchev–Trinajstić information content (AvgIpc) is 2.47. The zero-order chi connectivity index (χ0) is 13.0. The molecule has 2 aromatic rings. The van der Waals surface area contributed by atoms with Crippen LogP contribution < -0.4 is 10.6 Å². The molecule has 2 aromatic carbocycles. The Labute approximate surface area is 116 Å². The summed E-state index contributed by atoms with van der Waals surface area (Å²) in [5, 5.41) is 1.70. The van der Waals surface area contributed by atoms with E-state index >= 15 is 0 Å². The lowest BCUT2D eigenvalue weighted by Gasteiger charge is -2.18. The summed E-state index contributed by atoms with van der Waals surface area (Å²) < 4.78 is 14.2. The summed E-state index contributed by atoms with van der Waals surface area (Å²) in [4.78, 5) is 0. The number of benzene rings is 2. The monoisotopic (exact) mass is 320 g/mol. The lowest BCUT2D eigenvalue weighted by atomic mass is 10.4. The minimum atomic E-state index is -2.74. The molecule has 0 spiro atoms. The highest BCUT2D eigenvalue weighted by molar-refractivity contribution is 9.13. The molecule has 0 radical (unpaired) electrons. The minimum Gasteiger partial charge on any atom is -0.308 e. The molecule has 18 heavy (non-hydrogen) atoms. The summed E-state index contributed by atoms with van der Waals surface area (Å²) in [6.45, 7) is 1.89. The van der Waals surface area contributed by atoms with Crippen molar-refractivity contribution in [1.82, 2.24) is 0 Å². The lowest BCUT2D eigenvalue weighted by molar-refractivity contribution is 0.592. The number of allylic oxidation sites excluding steroid dienone is 1. The van der Waals surface area contributed by atoms with Gasteiger partial charge in [0, 0.05) is 10.6 Å². The van der Waals surface area contributed by atoms with E-state index in [0.29, 0.717) is 0 Å². The van der Waals surface area contributed by atoms with Gasteiger partial charge in [-0.2, -0.15) is 0 Å². The second-order valence-corrected chi connectivity index (χ2v) is 8.09. The van der Waals surface area contributed by atoms with Crippen LogP contribution in [0.15, 0.2) is 71.0 Å². The van der Waals surface area contributed by atoms with Gasteiger partial charge in [-0.05, 0) is 22.9 Å². The van der Waals surface area contributed by atoms with Gasteiger partial charge in [0.25, 0.3) is 0 Å². The summed E-state index contributed by atoms with van der Waals surface area (Å²) in [7, 11) is -2.74. The highest BCUT2D eigenvalue weighted by atomic mass is 79.9. The molecule has 92 valence electrons. The topological polar surface area (TPSA) is 17.1 Å². The van der Waals surface area contributed by atoms with Crippen molar-refractivity contribution in [2.24, 2.45) is 0 Å². The molecule has 2 rings (SSSR count). The fourth-order valence-corrected chi connectivity index (χ4v) is 5.42. The quantitative estimate of drug-likeness (QED) is 0.772. The molecule has 0 aromatic heterocycles. The third-order valence-corrected chi connectivity index (χ3v) is 7.65. The minimum absolute atomic E-state index is 0.743. The Balaban J connectivity index is 2.68. The molecule has 0 saturated carbocycles. The molecule has 0 amide bonds. The van der Waals surface area contributed by atoms with Gasteiger partial charge in [-0.3, -0.25) is 0 Å². The van der Waals surface area contributed by atoms with Gasteiger partial charge in [-0.1, -0.05) is 66.7 Å². The second-order valence-electron chi connectivity index (χ2n) is 3.89. The fourth-order valence-electron chi connectivity index (χ4n) is 1.85. The molecule has 0 aliphatic rings. The van der Waals surface area contributed by atoms with Crippen LogP contribution in [-0.4, -0.2) is 0 Å². The van der Waals surface area contributed by atoms with Crippen molar-refractivity contribution in [1.29, 1.82) is 0 Å². The average molecular weight is 321 g/mol. The molecule has 1 nitrogen and oxygen atoms in total. The van der Waals surface area contributed by atoms with Gasteiger partial charge in [0.15, 0.2) is 7.14 Å². The van der Waals surface area contributed by atoms with Crippen LogP contribution in [0.4, 0.5) is 0 Å². The molecular weight excluding hydrogens is 307 g/mol. The van der Waals surface area contributed by atoms with Crippen LogP contribution in [-0.2, 0) is 4.57 Å². The first-order valence-corrected chi connectivity index (χ1v) is 8.23. The van der Waals surface area contributed by atoms with E-state index in [4.69, 9.17) is 0 Å². The third-order valence-electron chi connectivity index (χ3n) is 2.78. The van der Waals surface area contributed by atoms with Crippen molar-refractivity contribution in [2.45, 2.75) is 6.92 Å². The largest absolute Gasteiger partial charge is 0.308 e. The molecule has 0 aliphatic heterocycles. The second kappa shape index (κ2) is 5.69. The molecular formula is C15H14BrOP. The number of hydrogen-bond donors (Lipinski definition) is 0. The lowest BCUT2D eigenvalue weighted by Crippen LogP contribution is -2.15. The Morgan fingerprint density at radius 3 is 1.67 bits per heavy atom. The van der Waals surface area contributed by atoms with Crippen LogP contribution in [0.1, 0.15) is 6.92 Å². The van der Waals surface area contributed by atoms with Crippen molar-refractivity contribution in [3.05, 3.63) is 71.0 Å². The predicted molar refractivity (Wildman–Crippen MR) is 82.4 cm³/mol. The van der Waals surface area contributed by atoms with Gasteiger partial charge in [0.05, 0.1) is 4.22 Å². The van der Waals surface area contributed by atoms with Crippen molar-refractivity contribution in [3.63, 3.8) is 0 Å². The van der Waals surface area contributed by atoms with Gasteiger partial charge in [-0.25, -0.2) is 0 Å². The Bertz CT molecular complexity index is 547. The molecule has 0 aliphatic carbocycles. The van der Waals surface area contributed by atoms with E-state index in [1.165, 1.54) is 0 Å². The summed E-state index contributed by atoms with van der Waals surface area (Å²) >= 11 is 3.47. The Kier molecular flexibility index (Phi) is 4.21. The van der Waals surface area contributed by atoms with Crippen molar-refractivity contribution in [2.75, 3.05) is 0 Å². The van der Waals surface area contributed by atoms with Crippen LogP contribution in [0.25, 0.3) is 0 Å². The van der Waals surface area contributed by atoms with Crippen LogP contribution >= 0.6 is 23.1 Å². The standard InChI is InChI=1S/C15H14BrOP/c1-2-15(16)18(17,13-9-5-3-6-10-13)14-11-7-4-8-12-14/h2-12H,1H3. The summed E-state index contributed by atoms with van der Waals surface area (Å²) in [5.41, 5.74) is 0. The van der Waals surface area contributed by atoms with Gasteiger partial charge in [-0.15, -0.1) is 0 Å². The number of rotatable bonds is 3. The molecule has 0 atom stereocenters. The van der Waals surface area contributed by atoms with E-state index in [1.54, 1.807) is 0 Å². The zero-order valence-electron chi connectivity index (χ0n) is 10.1. The molecule has 0 saturated heterocycles. The van der Waals surface area contributed by atoms with E-state index in [9.17, 15) is 4.57 Å². The Hall–Kier alpha value is -1.11. The normalized spacial score (nSPS) is 12.4. The van der Waals surface area contributed by atoms with Gasteiger partial charge >= 0.3 is 0 Å². The first kappa shape index (κ1) is 13.3. The number of halogens is 1. The Morgan fingerprint density at radius 1 is 0.944 bits per heavy atom. The predicted octanol–water partition coefficient (Wildman–Crippen LogP) is 4.26. The molecule has 0 N–H and O–H groups in total. The summed E-state index contributed by atoms with van der Waals surface area (Å²) in [6.07, 6.45) is 1.86. The summed E-state index contributed by atoms with van der Waals surface area (Å²) in [5.74, 6) is 0. The maximum atomic E-state index is 13.4. The third kappa shape index (κ3) is 2.36. The smallest absolute Gasteiger partial charge is 0.177 e. The van der Waals surface area contributed by atoms with E-state index in [-0.39, 0.29) is 0 Å². The van der Waals surface area contributed by atoms with E-state index < -0.39 is 7.14 Å². The van der Waals surface area contributed by atoms with E-state index in [0.717, 1.165) is 14.8 Å². The summed E-state index contributed by atoms with van der Waals surface area (Å²) in [6, 6.07) is 19.2. The molecule has 0 bridgehead atoms. The maximum absolute atomic E-state index is 13.4.